The molecule has 58 heavy (non-hydrogen) atoms. The van der Waals surface area contributed by atoms with E-state index in [1.165, 1.54) is 14.2 Å². The van der Waals surface area contributed by atoms with Gasteiger partial charge >= 0.3 is 6.03 Å². The van der Waals surface area contributed by atoms with Gasteiger partial charge in [0, 0.05) is 47.9 Å². The number of hydrogen-bond donors (Lipinski definition) is 5. The van der Waals surface area contributed by atoms with Gasteiger partial charge in [-0.1, -0.05) is 45.0 Å². The summed E-state index contributed by atoms with van der Waals surface area (Å²) in [6.07, 6.45) is 2.65. The number of hydrogen-bond acceptors (Lipinski definition) is 11. The summed E-state index contributed by atoms with van der Waals surface area (Å²) in [5.74, 6) is 1.75. The van der Waals surface area contributed by atoms with E-state index in [1.54, 1.807) is 60.8 Å². The molecule has 0 aliphatic heterocycles. The van der Waals surface area contributed by atoms with Crippen LogP contribution in [0.5, 0.6) is 23.0 Å². The van der Waals surface area contributed by atoms with Gasteiger partial charge in [0.05, 0.1) is 62.9 Å². The van der Waals surface area contributed by atoms with E-state index in [2.05, 4.69) is 37.9 Å². The minimum absolute atomic E-state index is 0.164. The van der Waals surface area contributed by atoms with Crippen LogP contribution in [-0.2, 0) is 24.9 Å². The van der Waals surface area contributed by atoms with E-state index in [1.807, 2.05) is 45.0 Å². The molecule has 0 atom stereocenters. The van der Waals surface area contributed by atoms with Crippen molar-refractivity contribution in [1.82, 2.24) is 10.3 Å². The average molecular weight is 814 g/mol. The minimum Gasteiger partial charge on any atom is -0.496 e. The Kier molecular flexibility index (Phi) is 14.4. The van der Waals surface area contributed by atoms with Crippen LogP contribution in [-0.4, -0.2) is 78.8 Å². The van der Waals surface area contributed by atoms with Crippen molar-refractivity contribution < 1.29 is 41.7 Å². The molecule has 307 valence electrons. The standard InChI is InChI=1S/C42H49N6O9S/c1-8-55-21-22-56-20-19-44-40(49)32-14-13-28(25-37(32)53-5)45-38-26-29(17-18-43-38)57-36-16-15-33(30-11-9-10-12-31(30)36)46-41(50)47-34-23-27(42(2,3)4)24-35(39(34)54-6)48-58(7,51)52/h9-18,23-26,48H,1,8,19-22H2,2-7H3,(H,43,45)(H,44,49)(H2,46,47,50). The molecule has 0 aliphatic carbocycles. The van der Waals surface area contributed by atoms with Crippen molar-refractivity contribution in [3.8, 4) is 23.0 Å². The first-order valence-electron chi connectivity index (χ1n) is 18.3. The molecule has 0 bridgehead atoms. The number of amides is 3. The zero-order chi connectivity index (χ0) is 41.9. The third kappa shape index (κ3) is 11.7. The molecule has 0 spiro atoms. The number of urea groups is 1. The first kappa shape index (κ1) is 43.0. The molecule has 1 heterocycles. The van der Waals surface area contributed by atoms with Gasteiger partial charge in [-0.05, 0) is 60.4 Å². The van der Waals surface area contributed by atoms with Crippen LogP contribution in [0, 0.1) is 6.92 Å². The fraction of sp³-hybridized carbons (Fsp3) is 0.286. The Morgan fingerprint density at radius 1 is 0.793 bits per heavy atom. The second-order valence-electron chi connectivity index (χ2n) is 14.0. The number of fused-ring (bicyclic) bond motifs is 1. The molecule has 1 radical (unpaired) electrons. The number of anilines is 5. The Hall–Kier alpha value is -6.10. The van der Waals surface area contributed by atoms with E-state index in [9.17, 15) is 18.0 Å². The minimum atomic E-state index is -3.65. The molecule has 0 aliphatic rings. The van der Waals surface area contributed by atoms with E-state index in [0.717, 1.165) is 17.2 Å². The van der Waals surface area contributed by atoms with Crippen molar-refractivity contribution in [3.05, 3.63) is 103 Å². The SMILES string of the molecule is [CH2]COCCOCCNC(=O)c1ccc(Nc2cc(Oc3ccc(NC(=O)Nc4cc(C(C)(C)C)cc(NS(C)(=O)=O)c4OC)c4ccccc34)ccn2)cc1OC. The van der Waals surface area contributed by atoms with E-state index in [-0.39, 0.29) is 28.4 Å². The van der Waals surface area contributed by atoms with Gasteiger partial charge < -0.3 is 45.0 Å². The highest BCUT2D eigenvalue weighted by atomic mass is 32.2. The highest BCUT2D eigenvalue weighted by Crippen LogP contribution is 2.40. The summed E-state index contributed by atoms with van der Waals surface area (Å²) in [7, 11) is -0.754. The molecule has 0 saturated carbocycles. The number of sulfonamides is 1. The van der Waals surface area contributed by atoms with Crippen LogP contribution in [0.15, 0.2) is 85.1 Å². The first-order chi connectivity index (χ1) is 27.7. The van der Waals surface area contributed by atoms with Crippen LogP contribution in [0.25, 0.3) is 10.8 Å². The Morgan fingerprint density at radius 2 is 1.52 bits per heavy atom. The molecule has 3 amide bonds. The van der Waals surface area contributed by atoms with Crippen LogP contribution < -0.4 is 40.2 Å². The zero-order valence-electron chi connectivity index (χ0n) is 33.4. The molecular formula is C42H49N6O9S. The molecule has 0 fully saturated rings. The highest BCUT2D eigenvalue weighted by molar-refractivity contribution is 7.92. The van der Waals surface area contributed by atoms with Gasteiger partial charge in [-0.3, -0.25) is 9.52 Å². The predicted octanol–water partition coefficient (Wildman–Crippen LogP) is 7.70. The van der Waals surface area contributed by atoms with Crippen molar-refractivity contribution in [2.45, 2.75) is 26.2 Å². The molecule has 5 rings (SSSR count). The molecule has 4 aromatic carbocycles. The largest absolute Gasteiger partial charge is 0.496 e. The summed E-state index contributed by atoms with van der Waals surface area (Å²) < 4.78 is 54.8. The predicted molar refractivity (Wildman–Crippen MR) is 227 cm³/mol. The smallest absolute Gasteiger partial charge is 0.323 e. The number of nitrogens with one attached hydrogen (secondary N) is 5. The first-order valence-corrected chi connectivity index (χ1v) is 20.2. The number of carbonyl (C=O) groups is 2. The lowest BCUT2D eigenvalue weighted by atomic mass is 9.86. The van der Waals surface area contributed by atoms with Gasteiger partial charge in [0.1, 0.15) is 23.1 Å². The van der Waals surface area contributed by atoms with Crippen molar-refractivity contribution in [1.29, 1.82) is 0 Å². The van der Waals surface area contributed by atoms with Crippen molar-refractivity contribution in [2.75, 3.05) is 74.1 Å². The maximum absolute atomic E-state index is 13.5. The van der Waals surface area contributed by atoms with E-state index in [4.69, 9.17) is 23.7 Å². The summed E-state index contributed by atoms with van der Waals surface area (Å²) in [6, 6.07) is 22.4. The lowest BCUT2D eigenvalue weighted by Crippen LogP contribution is -2.28. The zero-order valence-corrected chi connectivity index (χ0v) is 34.2. The van der Waals surface area contributed by atoms with Crippen LogP contribution in [0.1, 0.15) is 36.7 Å². The van der Waals surface area contributed by atoms with Crippen LogP contribution >= 0.6 is 0 Å². The average Bonchev–Trinajstić information content (AvgIpc) is 3.17. The molecule has 0 saturated heterocycles. The molecule has 0 unspecified atom stereocenters. The number of benzene rings is 4. The number of nitrogens with zero attached hydrogens (tertiary/aromatic N) is 1. The Bertz CT molecular complexity index is 2350. The number of rotatable bonds is 18. The lowest BCUT2D eigenvalue weighted by molar-refractivity contribution is 0.0578. The van der Waals surface area contributed by atoms with E-state index >= 15 is 0 Å². The highest BCUT2D eigenvalue weighted by Gasteiger charge is 2.23. The van der Waals surface area contributed by atoms with E-state index in [0.29, 0.717) is 78.4 Å². The van der Waals surface area contributed by atoms with Crippen molar-refractivity contribution >= 4 is 61.3 Å². The van der Waals surface area contributed by atoms with Crippen LogP contribution in [0.3, 0.4) is 0 Å². The second kappa shape index (κ2) is 19.4. The summed E-state index contributed by atoms with van der Waals surface area (Å²) in [6.45, 7) is 11.4. The van der Waals surface area contributed by atoms with Crippen LogP contribution in [0.2, 0.25) is 0 Å². The quantitative estimate of drug-likeness (QED) is 0.0546. The van der Waals surface area contributed by atoms with Crippen LogP contribution in [0.4, 0.5) is 33.4 Å². The van der Waals surface area contributed by atoms with Gasteiger partial charge in [0.25, 0.3) is 5.91 Å². The lowest BCUT2D eigenvalue weighted by Gasteiger charge is -2.24. The summed E-state index contributed by atoms with van der Waals surface area (Å²) in [5.41, 5.74) is 2.41. The number of aromatic nitrogens is 1. The van der Waals surface area contributed by atoms with Gasteiger partial charge in [-0.2, -0.15) is 0 Å². The maximum atomic E-state index is 13.5. The Balaban J connectivity index is 1.29. The summed E-state index contributed by atoms with van der Waals surface area (Å²) in [5, 5.41) is 13.2. The molecular weight excluding hydrogens is 765 g/mol. The fourth-order valence-corrected chi connectivity index (χ4v) is 6.37. The normalized spacial score (nSPS) is 11.4. The molecule has 16 heteroatoms. The van der Waals surface area contributed by atoms with Gasteiger partial charge in [-0.15, -0.1) is 0 Å². The number of carbonyl (C=O) groups excluding carboxylic acids is 2. The van der Waals surface area contributed by atoms with Gasteiger partial charge in [-0.25, -0.2) is 18.2 Å². The Morgan fingerprint density at radius 3 is 2.22 bits per heavy atom. The second-order valence-corrected chi connectivity index (χ2v) is 15.7. The van der Waals surface area contributed by atoms with Gasteiger partial charge in [0.2, 0.25) is 10.0 Å². The monoisotopic (exact) mass is 813 g/mol. The third-order valence-electron chi connectivity index (χ3n) is 8.56. The number of methoxy groups -OCH3 is 2. The Labute approximate surface area is 338 Å². The third-order valence-corrected chi connectivity index (χ3v) is 9.15. The topological polar surface area (TPSA) is 187 Å². The maximum Gasteiger partial charge on any atom is 0.323 e. The van der Waals surface area contributed by atoms with Crippen molar-refractivity contribution in [2.24, 2.45) is 0 Å². The summed E-state index contributed by atoms with van der Waals surface area (Å²) >= 11 is 0. The molecule has 1 aromatic heterocycles. The van der Waals surface area contributed by atoms with Crippen molar-refractivity contribution in [3.63, 3.8) is 0 Å². The molecule has 15 nitrogen and oxygen atoms in total. The molecule has 5 N–H and O–H groups in total. The van der Waals surface area contributed by atoms with Gasteiger partial charge in [0.15, 0.2) is 5.75 Å². The molecule has 5 aromatic rings. The van der Waals surface area contributed by atoms with E-state index < -0.39 is 16.1 Å². The fourth-order valence-electron chi connectivity index (χ4n) is 5.82. The summed E-state index contributed by atoms with van der Waals surface area (Å²) in [4.78, 5) is 30.8. The number of ether oxygens (including phenoxy) is 5. The number of pyridine rings is 1.